The van der Waals surface area contributed by atoms with Gasteiger partial charge in [-0.2, -0.15) is 0 Å². The summed E-state index contributed by atoms with van der Waals surface area (Å²) in [5, 5.41) is 20.4. The second-order valence-electron chi connectivity index (χ2n) is 17.9. The Morgan fingerprint density at radius 1 is 0.456 bits per heavy atom. The number of carbonyl (C=O) groups is 3. The molecule has 19 heteroatoms. The summed E-state index contributed by atoms with van der Waals surface area (Å²) in [7, 11) is 5.31. The van der Waals surface area contributed by atoms with Gasteiger partial charge >= 0.3 is 5.69 Å². The molecule has 0 spiro atoms. The van der Waals surface area contributed by atoms with Crippen LogP contribution in [0.3, 0.4) is 0 Å². The molecule has 3 N–H and O–H groups in total. The summed E-state index contributed by atoms with van der Waals surface area (Å²) < 4.78 is 57.6. The summed E-state index contributed by atoms with van der Waals surface area (Å²) in [6.07, 6.45) is 0. The van der Waals surface area contributed by atoms with E-state index in [1.54, 1.807) is 24.3 Å². The van der Waals surface area contributed by atoms with Gasteiger partial charge in [-0.15, -0.1) is 0 Å². The topological polar surface area (TPSA) is 223 Å². The third kappa shape index (κ3) is 15.9. The first-order valence-corrected chi connectivity index (χ1v) is 21.6. The zero-order valence-electron chi connectivity index (χ0n) is 41.1. The monoisotopic (exact) mass is 948 g/mol. The van der Waals surface area contributed by atoms with E-state index in [2.05, 4.69) is 16.0 Å². The standard InChI is InChI=1S/C49H64N4O15/c1-47(2,3)66-21-18-63-37-17-15-14-16-33(37)50-44(54)30-24-34(41(61-12)27-38(30)59-10)51-45(55)31-25-35(52-46(56)32-26-36(53(57)58)43(62-13)28-39(32)60-11)42(65-20-23-68-49(7,8)9)29-40(31)64-19-22-67-48(4,5)6/h14-17,24-29H,18-23H2,1-13H3,(H,50,54)(H,51,55)(H,52,56). The lowest BCUT2D eigenvalue weighted by Gasteiger charge is -2.22. The number of nitro groups is 1. The lowest BCUT2D eigenvalue weighted by molar-refractivity contribution is -0.385. The summed E-state index contributed by atoms with van der Waals surface area (Å²) in [5.41, 5.74) is -1.72. The molecule has 68 heavy (non-hydrogen) atoms. The molecule has 0 bridgehead atoms. The van der Waals surface area contributed by atoms with Gasteiger partial charge in [0.25, 0.3) is 17.7 Å². The molecule has 4 rings (SSSR count). The zero-order valence-corrected chi connectivity index (χ0v) is 41.1. The Hall–Kier alpha value is -6.83. The largest absolute Gasteiger partial charge is 0.496 e. The van der Waals surface area contributed by atoms with Crippen LogP contribution in [0.2, 0.25) is 0 Å². The summed E-state index contributed by atoms with van der Waals surface area (Å²) in [5.74, 6) is -1.61. The number of amides is 3. The van der Waals surface area contributed by atoms with E-state index >= 15 is 0 Å². The van der Waals surface area contributed by atoms with Crippen LogP contribution >= 0.6 is 0 Å². The van der Waals surface area contributed by atoms with Gasteiger partial charge in [0.2, 0.25) is 5.75 Å². The lowest BCUT2D eigenvalue weighted by Crippen LogP contribution is -2.24. The highest BCUT2D eigenvalue weighted by Crippen LogP contribution is 2.39. The minimum Gasteiger partial charge on any atom is -0.496 e. The van der Waals surface area contributed by atoms with Crippen molar-refractivity contribution in [2.45, 2.75) is 79.1 Å². The number of ether oxygens (including phenoxy) is 10. The fourth-order valence-electron chi connectivity index (χ4n) is 6.21. The lowest BCUT2D eigenvalue weighted by atomic mass is 10.1. The fraction of sp³-hybridized carbons (Fsp3) is 0.449. The van der Waals surface area contributed by atoms with Crippen molar-refractivity contribution in [2.75, 3.05) is 84.0 Å². The average molecular weight is 949 g/mol. The van der Waals surface area contributed by atoms with Crippen molar-refractivity contribution < 1.29 is 66.7 Å². The van der Waals surface area contributed by atoms with E-state index in [9.17, 15) is 24.5 Å². The van der Waals surface area contributed by atoms with Crippen molar-refractivity contribution >= 4 is 40.5 Å². The first kappa shape index (κ1) is 53.8. The molecule has 0 aromatic heterocycles. The molecule has 370 valence electrons. The van der Waals surface area contributed by atoms with Gasteiger partial charge < -0.3 is 63.3 Å². The van der Waals surface area contributed by atoms with Gasteiger partial charge in [-0.3, -0.25) is 24.5 Å². The van der Waals surface area contributed by atoms with Crippen LogP contribution in [0.15, 0.2) is 60.7 Å². The van der Waals surface area contributed by atoms with Crippen molar-refractivity contribution in [2.24, 2.45) is 0 Å². The number of hydrogen-bond acceptors (Lipinski definition) is 15. The number of methoxy groups -OCH3 is 4. The van der Waals surface area contributed by atoms with Crippen LogP contribution in [0.25, 0.3) is 0 Å². The quantitative estimate of drug-likeness (QED) is 0.0359. The highest BCUT2D eigenvalue weighted by Gasteiger charge is 2.27. The van der Waals surface area contributed by atoms with Crippen molar-refractivity contribution in [3.8, 4) is 40.2 Å². The number of nitro benzene ring substituents is 1. The number of anilines is 3. The molecule has 0 fully saturated rings. The molecule has 0 saturated carbocycles. The smallest absolute Gasteiger partial charge is 0.311 e. The number of benzene rings is 4. The minimum absolute atomic E-state index is 0.00565. The molecule has 0 aliphatic rings. The number of para-hydroxylation sites is 2. The molecule has 0 saturated heterocycles. The predicted molar refractivity (Wildman–Crippen MR) is 256 cm³/mol. The number of carbonyl (C=O) groups excluding carboxylic acids is 3. The molecule has 0 aliphatic carbocycles. The van der Waals surface area contributed by atoms with Crippen LogP contribution in [0.1, 0.15) is 93.4 Å². The zero-order chi connectivity index (χ0) is 50.4. The second-order valence-corrected chi connectivity index (χ2v) is 17.9. The molecule has 0 unspecified atom stereocenters. The number of hydrogen-bond donors (Lipinski definition) is 3. The third-order valence-electron chi connectivity index (χ3n) is 9.29. The van der Waals surface area contributed by atoms with Crippen LogP contribution in [0.5, 0.6) is 40.2 Å². The van der Waals surface area contributed by atoms with Crippen molar-refractivity contribution in [1.29, 1.82) is 0 Å². The van der Waals surface area contributed by atoms with Crippen molar-refractivity contribution in [3.63, 3.8) is 0 Å². The number of nitrogens with zero attached hydrogens (tertiary/aromatic N) is 1. The van der Waals surface area contributed by atoms with E-state index in [-0.39, 0.29) is 101 Å². The second kappa shape index (κ2) is 23.8. The molecule has 0 aliphatic heterocycles. The van der Waals surface area contributed by atoms with Crippen molar-refractivity contribution in [1.82, 2.24) is 0 Å². The highest BCUT2D eigenvalue weighted by atomic mass is 16.6. The SMILES string of the molecule is COc1cc(OC)c(C(=O)Nc2ccccc2OCCOC(C)(C)C)cc1NC(=O)c1cc(NC(=O)c2cc([N+](=O)[O-])c(OC)cc2OC)c(OCCOC(C)(C)C)cc1OCCOC(C)(C)C. The molecule has 4 aromatic carbocycles. The van der Waals surface area contributed by atoms with Crippen LogP contribution in [0, 0.1) is 10.1 Å². The van der Waals surface area contributed by atoms with E-state index in [4.69, 9.17) is 47.4 Å². The fourth-order valence-corrected chi connectivity index (χ4v) is 6.21. The Balaban J connectivity index is 1.79. The van der Waals surface area contributed by atoms with Gasteiger partial charge in [-0.1, -0.05) is 12.1 Å². The van der Waals surface area contributed by atoms with Gasteiger partial charge in [-0.25, -0.2) is 0 Å². The molecular formula is C49H64N4O15. The van der Waals surface area contributed by atoms with Crippen LogP contribution in [-0.4, -0.2) is 108 Å². The Bertz CT molecular complexity index is 2400. The summed E-state index contributed by atoms with van der Waals surface area (Å²) in [6.45, 7) is 17.9. The normalized spacial score (nSPS) is 11.5. The molecule has 0 atom stereocenters. The number of rotatable bonds is 23. The summed E-state index contributed by atoms with van der Waals surface area (Å²) >= 11 is 0. The van der Waals surface area contributed by atoms with Gasteiger partial charge in [0, 0.05) is 24.3 Å². The van der Waals surface area contributed by atoms with E-state index in [1.807, 2.05) is 62.3 Å². The first-order chi connectivity index (χ1) is 32.0. The van der Waals surface area contributed by atoms with E-state index in [0.717, 1.165) is 6.07 Å². The van der Waals surface area contributed by atoms with Crippen LogP contribution in [-0.2, 0) is 14.2 Å². The van der Waals surface area contributed by atoms with Crippen molar-refractivity contribution in [3.05, 3.63) is 87.5 Å². The third-order valence-corrected chi connectivity index (χ3v) is 9.29. The number of nitrogens with one attached hydrogen (secondary N) is 3. The molecule has 3 amide bonds. The summed E-state index contributed by atoms with van der Waals surface area (Å²) in [6, 6.07) is 14.7. The van der Waals surface area contributed by atoms with E-state index in [1.165, 1.54) is 58.8 Å². The van der Waals surface area contributed by atoms with E-state index < -0.39 is 39.5 Å². The van der Waals surface area contributed by atoms with Gasteiger partial charge in [0.1, 0.15) is 54.3 Å². The van der Waals surface area contributed by atoms with Gasteiger partial charge in [0.15, 0.2) is 0 Å². The van der Waals surface area contributed by atoms with Gasteiger partial charge in [-0.05, 0) is 86.6 Å². The van der Waals surface area contributed by atoms with Crippen LogP contribution in [0.4, 0.5) is 22.7 Å². The first-order valence-electron chi connectivity index (χ1n) is 21.6. The molecular weight excluding hydrogens is 885 g/mol. The molecule has 0 radical (unpaired) electrons. The van der Waals surface area contributed by atoms with Crippen LogP contribution < -0.4 is 49.1 Å². The van der Waals surface area contributed by atoms with E-state index in [0.29, 0.717) is 18.0 Å². The Labute approximate surface area is 397 Å². The maximum absolute atomic E-state index is 14.6. The summed E-state index contributed by atoms with van der Waals surface area (Å²) in [4.78, 5) is 54.0. The Morgan fingerprint density at radius 3 is 1.28 bits per heavy atom. The highest BCUT2D eigenvalue weighted by molar-refractivity contribution is 6.12. The minimum atomic E-state index is -0.848. The Kier molecular flexibility index (Phi) is 18.8. The van der Waals surface area contributed by atoms with Gasteiger partial charge in [0.05, 0.1) is 104 Å². The Morgan fingerprint density at radius 2 is 0.824 bits per heavy atom. The maximum atomic E-state index is 14.6. The predicted octanol–water partition coefficient (Wildman–Crippen LogP) is 8.97. The molecule has 4 aromatic rings. The maximum Gasteiger partial charge on any atom is 0.311 e. The molecule has 19 nitrogen and oxygen atoms in total. The average Bonchev–Trinajstić information content (AvgIpc) is 3.27. The molecule has 0 heterocycles.